The van der Waals surface area contributed by atoms with E-state index in [-0.39, 0.29) is 16.8 Å². The molecule has 158 valence electrons. The lowest BCUT2D eigenvalue weighted by atomic mass is 10.1. The smallest absolute Gasteiger partial charge is 0.277 e. The van der Waals surface area contributed by atoms with Crippen LogP contribution in [0, 0.1) is 0 Å². The molecular weight excluding hydrogens is 402 g/mol. The van der Waals surface area contributed by atoms with Crippen molar-refractivity contribution in [3.63, 3.8) is 0 Å². The van der Waals surface area contributed by atoms with Gasteiger partial charge in [-0.05, 0) is 37.8 Å². The van der Waals surface area contributed by atoms with E-state index in [0.717, 1.165) is 32.1 Å². The Morgan fingerprint density at radius 3 is 2.57 bits per heavy atom. The summed E-state index contributed by atoms with van der Waals surface area (Å²) >= 11 is 0. The fourth-order valence-electron chi connectivity index (χ4n) is 4.90. The molecular formula is C21H25N5O3S. The van der Waals surface area contributed by atoms with Crippen LogP contribution in [0.5, 0.6) is 0 Å². The molecule has 9 heteroatoms. The molecule has 8 nitrogen and oxygen atoms in total. The van der Waals surface area contributed by atoms with Crippen molar-refractivity contribution in [2.24, 2.45) is 7.05 Å². The molecule has 0 spiro atoms. The normalized spacial score (nSPS) is 21.0. The van der Waals surface area contributed by atoms with Crippen LogP contribution >= 0.6 is 0 Å². The number of imidazole rings is 1. The quantitative estimate of drug-likeness (QED) is 0.639. The van der Waals surface area contributed by atoms with Gasteiger partial charge in [-0.25, -0.2) is 18.4 Å². The van der Waals surface area contributed by atoms with Crippen molar-refractivity contribution in [2.75, 3.05) is 6.54 Å². The first-order valence-corrected chi connectivity index (χ1v) is 11.9. The average Bonchev–Trinajstić information content (AvgIpc) is 3.49. The highest BCUT2D eigenvalue weighted by Gasteiger charge is 2.41. The average molecular weight is 428 g/mol. The van der Waals surface area contributed by atoms with Gasteiger partial charge < -0.3 is 4.57 Å². The first-order chi connectivity index (χ1) is 14.5. The second kappa shape index (κ2) is 7.31. The van der Waals surface area contributed by atoms with E-state index in [1.165, 1.54) is 15.1 Å². The van der Waals surface area contributed by atoms with E-state index >= 15 is 0 Å². The van der Waals surface area contributed by atoms with Crippen molar-refractivity contribution < 1.29 is 8.42 Å². The molecule has 1 aliphatic carbocycles. The van der Waals surface area contributed by atoms with Crippen LogP contribution < -0.4 is 5.56 Å². The zero-order valence-electron chi connectivity index (χ0n) is 16.9. The Hall–Kier alpha value is -2.52. The molecule has 5 rings (SSSR count). The zero-order chi connectivity index (χ0) is 20.9. The van der Waals surface area contributed by atoms with Crippen LogP contribution in [0.3, 0.4) is 0 Å². The predicted molar refractivity (Wildman–Crippen MR) is 113 cm³/mol. The molecule has 1 saturated heterocycles. The lowest BCUT2D eigenvalue weighted by Crippen LogP contribution is -2.37. The molecule has 0 radical (unpaired) electrons. The largest absolute Gasteiger partial charge is 0.324 e. The molecule has 2 aromatic heterocycles. The van der Waals surface area contributed by atoms with Gasteiger partial charge in [0.15, 0.2) is 0 Å². The summed E-state index contributed by atoms with van der Waals surface area (Å²) in [5.41, 5.74) is 0.553. The summed E-state index contributed by atoms with van der Waals surface area (Å²) in [6.45, 7) is 0.396. The van der Waals surface area contributed by atoms with Gasteiger partial charge in [0.05, 0.1) is 16.9 Å². The van der Waals surface area contributed by atoms with Crippen molar-refractivity contribution in [1.29, 1.82) is 0 Å². The van der Waals surface area contributed by atoms with Crippen LogP contribution in [-0.2, 0) is 17.1 Å². The molecule has 3 aromatic rings. The van der Waals surface area contributed by atoms with E-state index in [1.807, 2.05) is 18.2 Å². The van der Waals surface area contributed by atoms with Crippen LogP contribution in [0.4, 0.5) is 0 Å². The van der Waals surface area contributed by atoms with E-state index < -0.39 is 16.1 Å². The Balaban J connectivity index is 1.69. The number of rotatable bonds is 4. The molecule has 1 atom stereocenters. The third-order valence-corrected chi connectivity index (χ3v) is 8.25. The topological polar surface area (TPSA) is 90.1 Å². The maximum Gasteiger partial charge on any atom is 0.277 e. The standard InChI is InChI=1S/C21H25N5O3S/c1-24-14-12-22-21(24)30(28,29)25-13-6-11-18(25)19-23-17-10-5-4-9-16(17)20(27)26(19)15-7-2-3-8-15/h4-5,9-10,12,14-15,18H,2-3,6-8,11,13H2,1H3. The third-order valence-electron chi connectivity index (χ3n) is 6.34. The third kappa shape index (κ3) is 2.99. The summed E-state index contributed by atoms with van der Waals surface area (Å²) in [6.07, 6.45) is 8.47. The Morgan fingerprint density at radius 1 is 1.07 bits per heavy atom. The molecule has 1 aliphatic heterocycles. The first kappa shape index (κ1) is 19.4. The SMILES string of the molecule is Cn1ccnc1S(=O)(=O)N1CCCC1c1nc2ccccc2c(=O)n1C1CCCC1. The molecule has 1 saturated carbocycles. The second-order valence-corrected chi connectivity index (χ2v) is 9.98. The Bertz CT molecular complexity index is 1260. The van der Waals surface area contributed by atoms with Gasteiger partial charge in [-0.2, -0.15) is 4.31 Å². The summed E-state index contributed by atoms with van der Waals surface area (Å²) in [7, 11) is -2.13. The van der Waals surface area contributed by atoms with E-state index in [4.69, 9.17) is 4.98 Å². The molecule has 0 bridgehead atoms. The van der Waals surface area contributed by atoms with Crippen molar-refractivity contribution in [1.82, 2.24) is 23.4 Å². The minimum absolute atomic E-state index is 0.0185. The van der Waals surface area contributed by atoms with E-state index in [2.05, 4.69) is 4.98 Å². The molecule has 0 N–H and O–H groups in total. The summed E-state index contributed by atoms with van der Waals surface area (Å²) in [4.78, 5) is 22.4. The number of hydrogen-bond donors (Lipinski definition) is 0. The van der Waals surface area contributed by atoms with E-state index in [9.17, 15) is 13.2 Å². The number of hydrogen-bond acceptors (Lipinski definition) is 5. The molecule has 30 heavy (non-hydrogen) atoms. The molecule has 2 fully saturated rings. The highest BCUT2D eigenvalue weighted by Crippen LogP contribution is 2.38. The van der Waals surface area contributed by atoms with Gasteiger partial charge in [0, 0.05) is 32.0 Å². The highest BCUT2D eigenvalue weighted by atomic mass is 32.2. The molecule has 2 aliphatic rings. The second-order valence-electron chi connectivity index (χ2n) is 8.20. The maximum atomic E-state index is 13.5. The highest BCUT2D eigenvalue weighted by molar-refractivity contribution is 7.89. The summed E-state index contributed by atoms with van der Waals surface area (Å²) < 4.78 is 31.6. The van der Waals surface area contributed by atoms with Gasteiger partial charge in [-0.1, -0.05) is 25.0 Å². The van der Waals surface area contributed by atoms with Crippen LogP contribution in [-0.4, -0.2) is 38.4 Å². The molecule has 0 amide bonds. The fraction of sp³-hybridized carbons (Fsp3) is 0.476. The number of para-hydroxylation sites is 1. The zero-order valence-corrected chi connectivity index (χ0v) is 17.8. The molecule has 1 aromatic carbocycles. The predicted octanol–water partition coefficient (Wildman–Crippen LogP) is 2.77. The number of fused-ring (bicyclic) bond motifs is 1. The minimum atomic E-state index is -3.80. The maximum absolute atomic E-state index is 13.5. The summed E-state index contributed by atoms with van der Waals surface area (Å²) in [5, 5.41) is 0.606. The van der Waals surface area contributed by atoms with Crippen molar-refractivity contribution in [3.8, 4) is 0 Å². The molecule has 3 heterocycles. The van der Waals surface area contributed by atoms with Crippen molar-refractivity contribution in [2.45, 2.75) is 55.8 Å². The van der Waals surface area contributed by atoms with Gasteiger partial charge in [-0.3, -0.25) is 9.36 Å². The van der Waals surface area contributed by atoms with E-state index in [0.29, 0.717) is 29.7 Å². The number of sulfonamides is 1. The number of aryl methyl sites for hydroxylation is 1. The summed E-state index contributed by atoms with van der Waals surface area (Å²) in [6, 6.07) is 6.93. The summed E-state index contributed by atoms with van der Waals surface area (Å²) in [5.74, 6) is 0.570. The number of nitrogens with zero attached hydrogens (tertiary/aromatic N) is 5. The van der Waals surface area contributed by atoms with Crippen LogP contribution in [0.2, 0.25) is 0 Å². The monoisotopic (exact) mass is 427 g/mol. The van der Waals surface area contributed by atoms with Gasteiger partial charge in [0.25, 0.3) is 15.6 Å². The Labute approximate surface area is 175 Å². The fourth-order valence-corrected chi connectivity index (χ4v) is 6.64. The number of aromatic nitrogens is 4. The Morgan fingerprint density at radius 2 is 1.83 bits per heavy atom. The Kier molecular flexibility index (Phi) is 4.74. The lowest BCUT2D eigenvalue weighted by Gasteiger charge is -2.27. The first-order valence-electron chi connectivity index (χ1n) is 10.5. The van der Waals surface area contributed by atoms with Gasteiger partial charge in [-0.15, -0.1) is 0 Å². The van der Waals surface area contributed by atoms with Crippen LogP contribution in [0.15, 0.2) is 46.6 Å². The van der Waals surface area contributed by atoms with Crippen LogP contribution in [0.1, 0.15) is 56.4 Å². The van der Waals surface area contributed by atoms with Gasteiger partial charge in [0.2, 0.25) is 5.16 Å². The van der Waals surface area contributed by atoms with Gasteiger partial charge >= 0.3 is 0 Å². The van der Waals surface area contributed by atoms with Crippen LogP contribution in [0.25, 0.3) is 10.9 Å². The minimum Gasteiger partial charge on any atom is -0.324 e. The van der Waals surface area contributed by atoms with Gasteiger partial charge in [0.1, 0.15) is 5.82 Å². The van der Waals surface area contributed by atoms with Crippen molar-refractivity contribution >= 4 is 20.9 Å². The molecule has 1 unspecified atom stereocenters. The number of benzene rings is 1. The van der Waals surface area contributed by atoms with Crippen molar-refractivity contribution in [3.05, 3.63) is 52.8 Å². The van der Waals surface area contributed by atoms with E-state index in [1.54, 1.807) is 23.9 Å². The lowest BCUT2D eigenvalue weighted by molar-refractivity contribution is 0.349.